The lowest BCUT2D eigenvalue weighted by atomic mass is 10.1. The molecule has 0 aliphatic carbocycles. The van der Waals surface area contributed by atoms with Crippen LogP contribution in [0.3, 0.4) is 0 Å². The molecule has 190 valence electrons. The summed E-state index contributed by atoms with van der Waals surface area (Å²) in [6.07, 6.45) is 5.56. The molecule has 1 fully saturated rings. The van der Waals surface area contributed by atoms with Crippen molar-refractivity contribution in [2.24, 2.45) is 5.73 Å². The Hall–Kier alpha value is -4.05. The molecule has 4 heterocycles. The lowest BCUT2D eigenvalue weighted by Gasteiger charge is -2.30. The summed E-state index contributed by atoms with van der Waals surface area (Å²) in [4.78, 5) is 12.0. The van der Waals surface area contributed by atoms with Crippen molar-refractivity contribution in [2.45, 2.75) is 45.2 Å². The SMILES string of the molecule is CC(C)c1cnn2c(NCc3ccccc3-n3cc4cc(F)ccc4n3)nc(N3CCC(N)CC3)nc12. The third kappa shape index (κ3) is 4.48. The van der Waals surface area contributed by atoms with Crippen LogP contribution in [-0.4, -0.2) is 48.5 Å². The molecule has 3 aromatic heterocycles. The molecule has 10 heteroatoms. The Kier molecular flexibility index (Phi) is 5.96. The zero-order chi connectivity index (χ0) is 25.5. The summed E-state index contributed by atoms with van der Waals surface area (Å²) < 4.78 is 17.3. The number of benzene rings is 2. The highest BCUT2D eigenvalue weighted by atomic mass is 19.1. The van der Waals surface area contributed by atoms with Crippen LogP contribution >= 0.6 is 0 Å². The van der Waals surface area contributed by atoms with Crippen molar-refractivity contribution in [1.82, 2.24) is 29.4 Å². The molecule has 1 aliphatic heterocycles. The number of halogens is 1. The first-order chi connectivity index (χ1) is 18.0. The molecule has 0 unspecified atom stereocenters. The Morgan fingerprint density at radius 1 is 1.11 bits per heavy atom. The number of aromatic nitrogens is 6. The number of fused-ring (bicyclic) bond motifs is 2. The number of rotatable bonds is 6. The molecule has 0 radical (unpaired) electrons. The number of nitrogens with one attached hydrogen (secondary N) is 1. The maximum absolute atomic E-state index is 13.7. The van der Waals surface area contributed by atoms with Crippen LogP contribution in [0.15, 0.2) is 54.9 Å². The molecule has 6 rings (SSSR count). The van der Waals surface area contributed by atoms with E-state index in [9.17, 15) is 4.39 Å². The quantitative estimate of drug-likeness (QED) is 0.360. The van der Waals surface area contributed by atoms with Gasteiger partial charge in [-0.2, -0.15) is 24.7 Å². The molecule has 1 aliphatic rings. The summed E-state index contributed by atoms with van der Waals surface area (Å²) in [6.45, 7) is 6.44. The van der Waals surface area contributed by atoms with Gasteiger partial charge in [-0.15, -0.1) is 0 Å². The van der Waals surface area contributed by atoms with Crippen molar-refractivity contribution in [1.29, 1.82) is 0 Å². The molecule has 0 bridgehead atoms. The first-order valence-corrected chi connectivity index (χ1v) is 12.7. The van der Waals surface area contributed by atoms with E-state index in [0.29, 0.717) is 18.4 Å². The van der Waals surface area contributed by atoms with Gasteiger partial charge in [0.2, 0.25) is 11.9 Å². The predicted molar refractivity (Wildman–Crippen MR) is 143 cm³/mol. The number of hydrogen-bond donors (Lipinski definition) is 2. The largest absolute Gasteiger partial charge is 0.350 e. The Morgan fingerprint density at radius 2 is 1.92 bits per heavy atom. The minimum Gasteiger partial charge on any atom is -0.350 e. The van der Waals surface area contributed by atoms with Crippen LogP contribution in [0, 0.1) is 5.82 Å². The average molecular weight is 500 g/mol. The fraction of sp³-hybridized carbons (Fsp3) is 0.333. The molecule has 2 aromatic carbocycles. The smallest absolute Gasteiger partial charge is 0.230 e. The van der Waals surface area contributed by atoms with E-state index in [-0.39, 0.29) is 17.8 Å². The minimum atomic E-state index is -0.277. The number of para-hydroxylation sites is 1. The van der Waals surface area contributed by atoms with Crippen LogP contribution in [0.1, 0.15) is 43.7 Å². The van der Waals surface area contributed by atoms with E-state index in [4.69, 9.17) is 15.7 Å². The molecule has 3 N–H and O–H groups in total. The summed E-state index contributed by atoms with van der Waals surface area (Å²) in [5.41, 5.74) is 10.7. The van der Waals surface area contributed by atoms with Gasteiger partial charge in [0.15, 0.2) is 5.65 Å². The molecule has 9 nitrogen and oxygen atoms in total. The van der Waals surface area contributed by atoms with E-state index >= 15 is 0 Å². The Labute approximate surface area is 214 Å². The summed E-state index contributed by atoms with van der Waals surface area (Å²) in [5, 5.41) is 13.5. The Bertz CT molecular complexity index is 1560. The lowest BCUT2D eigenvalue weighted by molar-refractivity contribution is 0.495. The van der Waals surface area contributed by atoms with Crippen LogP contribution in [0.2, 0.25) is 0 Å². The number of piperidine rings is 1. The van der Waals surface area contributed by atoms with Crippen LogP contribution in [0.25, 0.3) is 22.2 Å². The number of nitrogens with two attached hydrogens (primary N) is 1. The van der Waals surface area contributed by atoms with Crippen molar-refractivity contribution in [3.8, 4) is 5.69 Å². The second kappa shape index (κ2) is 9.44. The molecule has 1 saturated heterocycles. The normalized spacial score (nSPS) is 14.8. The van der Waals surface area contributed by atoms with Gasteiger partial charge in [-0.05, 0) is 48.6 Å². The van der Waals surface area contributed by atoms with Crippen molar-refractivity contribution in [3.05, 3.63) is 71.8 Å². The predicted octanol–water partition coefficient (Wildman–Crippen LogP) is 4.27. The monoisotopic (exact) mass is 499 g/mol. The van der Waals surface area contributed by atoms with Crippen molar-refractivity contribution >= 4 is 28.4 Å². The topological polar surface area (TPSA) is 102 Å². The minimum absolute atomic E-state index is 0.228. The summed E-state index contributed by atoms with van der Waals surface area (Å²) >= 11 is 0. The molecular formula is C27H30FN9. The first-order valence-electron chi connectivity index (χ1n) is 12.7. The van der Waals surface area contributed by atoms with E-state index in [1.54, 1.807) is 15.3 Å². The third-order valence-electron chi connectivity index (χ3n) is 6.97. The summed E-state index contributed by atoms with van der Waals surface area (Å²) in [5.74, 6) is 1.32. The zero-order valence-corrected chi connectivity index (χ0v) is 21.0. The van der Waals surface area contributed by atoms with Crippen LogP contribution in [0.4, 0.5) is 16.3 Å². The number of nitrogens with zero attached hydrogens (tertiary/aromatic N) is 7. The van der Waals surface area contributed by atoms with Gasteiger partial charge < -0.3 is 16.0 Å². The van der Waals surface area contributed by atoms with Gasteiger partial charge in [0.1, 0.15) is 5.82 Å². The fourth-order valence-corrected chi connectivity index (χ4v) is 4.82. The van der Waals surface area contributed by atoms with Gasteiger partial charge in [-0.3, -0.25) is 0 Å². The van der Waals surface area contributed by atoms with Crippen molar-refractivity contribution in [2.75, 3.05) is 23.3 Å². The molecule has 5 aromatic rings. The lowest BCUT2D eigenvalue weighted by Crippen LogP contribution is -2.40. The van der Waals surface area contributed by atoms with Gasteiger partial charge in [0, 0.05) is 42.8 Å². The highest BCUT2D eigenvalue weighted by Crippen LogP contribution is 2.26. The fourth-order valence-electron chi connectivity index (χ4n) is 4.82. The molecule has 0 spiro atoms. The second-order valence-electron chi connectivity index (χ2n) is 9.92. The standard InChI is InChI=1S/C27H30FN9/c1-17(2)22-15-31-37-25(22)32-27(35-11-9-21(29)10-12-35)33-26(37)30-14-18-5-3-4-6-24(18)36-16-19-13-20(28)7-8-23(19)34-36/h3-8,13,15-17,21H,9-12,14,29H2,1-2H3,(H,30,32,33). The van der Waals surface area contributed by atoms with Gasteiger partial charge in [0.05, 0.1) is 17.4 Å². The van der Waals surface area contributed by atoms with Gasteiger partial charge >= 0.3 is 0 Å². The van der Waals surface area contributed by atoms with Crippen LogP contribution < -0.4 is 16.0 Å². The molecule has 37 heavy (non-hydrogen) atoms. The van der Waals surface area contributed by atoms with Crippen LogP contribution in [-0.2, 0) is 6.54 Å². The van der Waals surface area contributed by atoms with Crippen molar-refractivity contribution in [3.63, 3.8) is 0 Å². The summed E-state index contributed by atoms with van der Waals surface area (Å²) in [6, 6.07) is 12.9. The Morgan fingerprint density at radius 3 is 2.73 bits per heavy atom. The van der Waals surface area contributed by atoms with Gasteiger partial charge in [-0.1, -0.05) is 32.0 Å². The van der Waals surface area contributed by atoms with Crippen molar-refractivity contribution < 1.29 is 4.39 Å². The molecule has 0 amide bonds. The highest BCUT2D eigenvalue weighted by molar-refractivity contribution is 5.78. The third-order valence-corrected chi connectivity index (χ3v) is 6.97. The zero-order valence-electron chi connectivity index (χ0n) is 21.0. The van der Waals surface area contributed by atoms with E-state index < -0.39 is 0 Å². The summed E-state index contributed by atoms with van der Waals surface area (Å²) in [7, 11) is 0. The number of hydrogen-bond acceptors (Lipinski definition) is 7. The van der Waals surface area contributed by atoms with E-state index in [1.165, 1.54) is 12.1 Å². The Balaban J connectivity index is 1.35. The highest BCUT2D eigenvalue weighted by Gasteiger charge is 2.22. The maximum Gasteiger partial charge on any atom is 0.230 e. The van der Waals surface area contributed by atoms with Gasteiger partial charge in [0.25, 0.3) is 0 Å². The van der Waals surface area contributed by atoms with E-state index in [2.05, 4.69) is 34.3 Å². The number of anilines is 2. The first kappa shape index (κ1) is 23.4. The van der Waals surface area contributed by atoms with E-state index in [1.807, 2.05) is 36.7 Å². The molecule has 0 atom stereocenters. The van der Waals surface area contributed by atoms with E-state index in [0.717, 1.165) is 59.3 Å². The maximum atomic E-state index is 13.7. The molecular weight excluding hydrogens is 469 g/mol. The average Bonchev–Trinajstić information content (AvgIpc) is 3.52. The second-order valence-corrected chi connectivity index (χ2v) is 9.92. The van der Waals surface area contributed by atoms with Gasteiger partial charge in [-0.25, -0.2) is 9.07 Å². The van der Waals surface area contributed by atoms with Crippen LogP contribution in [0.5, 0.6) is 0 Å². The molecule has 0 saturated carbocycles.